The second kappa shape index (κ2) is 8.58. The number of aliphatic carboxylic acids is 2. The smallest absolute Gasteiger partial charge is 1.00 e. The maximum Gasteiger partial charge on any atom is 1.00 e. The van der Waals surface area contributed by atoms with Crippen LogP contribution in [0.4, 0.5) is 0 Å². The summed E-state index contributed by atoms with van der Waals surface area (Å²) in [7, 11) is 0. The Labute approximate surface area is 96.5 Å². The first-order chi connectivity index (χ1) is 4.04. The van der Waals surface area contributed by atoms with Crippen molar-refractivity contribution in [3.63, 3.8) is 0 Å². The first-order valence-corrected chi connectivity index (χ1v) is 2.68. The third kappa shape index (κ3) is 10.5. The molecule has 0 aliphatic heterocycles. The van der Waals surface area contributed by atoms with Crippen molar-refractivity contribution in [2.24, 2.45) is 0 Å². The van der Waals surface area contributed by atoms with Gasteiger partial charge in [0.2, 0.25) is 0 Å². The molecular weight excluding hydrogens is 158 g/mol. The number of carboxylic acids is 2. The molecule has 0 aromatic rings. The van der Waals surface area contributed by atoms with Gasteiger partial charge >= 0.3 is 49.7 Å². The topological polar surface area (TPSA) is 74.6 Å². The molecule has 0 saturated carbocycles. The predicted molar refractivity (Wildman–Crippen MR) is 34.9 cm³/mol. The van der Waals surface area contributed by atoms with Crippen molar-refractivity contribution in [1.29, 1.82) is 0 Å². The Morgan fingerprint density at radius 3 is 1.82 bits per heavy atom. The van der Waals surface area contributed by atoms with Crippen molar-refractivity contribution >= 4 is 24.6 Å². The Kier molecular flexibility index (Phi) is 13.7. The molecule has 1 unspecified atom stereocenters. The van der Waals surface area contributed by atoms with Crippen LogP contribution in [0.1, 0.15) is 9.27 Å². The summed E-state index contributed by atoms with van der Waals surface area (Å²) >= 11 is 3.48. The fourth-order valence-corrected chi connectivity index (χ4v) is 0.409. The van der Waals surface area contributed by atoms with Crippen LogP contribution in [0.15, 0.2) is 0 Å². The second-order valence-electron chi connectivity index (χ2n) is 1.45. The minimum Gasteiger partial charge on any atom is -1.00 e. The molecule has 0 amide bonds. The summed E-state index contributed by atoms with van der Waals surface area (Å²) in [6.45, 7) is 0. The van der Waals surface area contributed by atoms with E-state index in [0.717, 1.165) is 0 Å². The molecule has 2 N–H and O–H groups in total. The molecule has 0 aromatic heterocycles. The van der Waals surface area contributed by atoms with Gasteiger partial charge in [-0.3, -0.25) is 9.59 Å². The molecule has 11 heavy (non-hydrogen) atoms. The van der Waals surface area contributed by atoms with E-state index in [1.807, 2.05) is 0 Å². The quantitative estimate of drug-likeness (QED) is 0.288. The Morgan fingerprint density at radius 2 is 1.73 bits per heavy atom. The third-order valence-corrected chi connectivity index (χ3v) is 1.06. The molecule has 0 radical (unpaired) electrons. The maximum absolute atomic E-state index is 9.90. The van der Waals surface area contributed by atoms with E-state index in [0.29, 0.717) is 0 Å². The van der Waals surface area contributed by atoms with Gasteiger partial charge in [-0.2, -0.15) is 12.6 Å². The second-order valence-corrected chi connectivity index (χ2v) is 2.08. The SMILES string of the molecule is O=C(O)CC(S)C(=O)O.[H-].[H-].[Li+].[Li+]. The van der Waals surface area contributed by atoms with E-state index in [2.05, 4.69) is 12.6 Å². The zero-order chi connectivity index (χ0) is 7.44. The number of hydrogen-bond acceptors (Lipinski definition) is 3. The average molecular weight is 166 g/mol. The van der Waals surface area contributed by atoms with E-state index in [4.69, 9.17) is 10.2 Å². The van der Waals surface area contributed by atoms with Crippen molar-refractivity contribution in [3.8, 4) is 0 Å². The molecule has 0 aliphatic rings. The van der Waals surface area contributed by atoms with E-state index in [9.17, 15) is 9.59 Å². The molecule has 7 heteroatoms. The molecule has 0 bridgehead atoms. The molecule has 0 aromatic carbocycles. The van der Waals surface area contributed by atoms with Crippen LogP contribution in [-0.2, 0) is 9.59 Å². The van der Waals surface area contributed by atoms with Crippen LogP contribution in [0.25, 0.3) is 0 Å². The Balaban J connectivity index is -0.0000000533. The van der Waals surface area contributed by atoms with E-state index >= 15 is 0 Å². The van der Waals surface area contributed by atoms with E-state index < -0.39 is 23.6 Å². The number of rotatable bonds is 3. The molecule has 0 saturated heterocycles. The Morgan fingerprint density at radius 1 is 1.36 bits per heavy atom. The fraction of sp³-hybridized carbons (Fsp3) is 0.500. The molecule has 0 spiro atoms. The van der Waals surface area contributed by atoms with Crippen LogP contribution < -0.4 is 37.7 Å². The van der Waals surface area contributed by atoms with Crippen LogP contribution in [0.2, 0.25) is 0 Å². The summed E-state index contributed by atoms with van der Waals surface area (Å²) < 4.78 is 0. The van der Waals surface area contributed by atoms with E-state index in [1.54, 1.807) is 0 Å². The van der Waals surface area contributed by atoms with Crippen LogP contribution in [0, 0.1) is 0 Å². The van der Waals surface area contributed by atoms with Gasteiger partial charge in [0, 0.05) is 0 Å². The van der Waals surface area contributed by atoms with Crippen LogP contribution in [-0.4, -0.2) is 27.4 Å². The monoisotopic (exact) mass is 166 g/mol. The van der Waals surface area contributed by atoms with Crippen LogP contribution in [0.5, 0.6) is 0 Å². The molecule has 0 heterocycles. The summed E-state index contributed by atoms with van der Waals surface area (Å²) in [5.41, 5.74) is 0. The predicted octanol–water partition coefficient (Wildman–Crippen LogP) is -5.92. The standard InChI is InChI=1S/C4H6O4S.2Li.2H/c5-3(6)1-2(9)4(7)8;;;;/h2,9H,1H2,(H,5,6)(H,7,8);;;;/q;2*+1;2*-1. The average Bonchev–Trinajstić information content (AvgIpc) is 1.63. The van der Waals surface area contributed by atoms with E-state index in [1.165, 1.54) is 0 Å². The summed E-state index contributed by atoms with van der Waals surface area (Å²) in [4.78, 5) is 19.7. The first kappa shape index (κ1) is 17.5. The maximum atomic E-state index is 9.90. The van der Waals surface area contributed by atoms with Crippen LogP contribution >= 0.6 is 12.6 Å². The van der Waals surface area contributed by atoms with Crippen molar-refractivity contribution in [2.75, 3.05) is 0 Å². The largest absolute Gasteiger partial charge is 1.00 e. The van der Waals surface area contributed by atoms with Crippen molar-refractivity contribution in [1.82, 2.24) is 0 Å². The summed E-state index contributed by atoms with van der Waals surface area (Å²) in [5, 5.41) is 15.0. The third-order valence-electron chi connectivity index (χ3n) is 0.653. The fourth-order valence-electron chi connectivity index (χ4n) is 0.253. The Hall–Kier alpha value is 0.485. The molecular formula is C4H8Li2O4S. The molecule has 4 nitrogen and oxygen atoms in total. The van der Waals surface area contributed by atoms with Gasteiger partial charge in [0.1, 0.15) is 5.25 Å². The van der Waals surface area contributed by atoms with Crippen molar-refractivity contribution in [2.45, 2.75) is 11.7 Å². The van der Waals surface area contributed by atoms with Gasteiger partial charge in [0.05, 0.1) is 6.42 Å². The summed E-state index contributed by atoms with van der Waals surface area (Å²) in [6.07, 6.45) is -0.446. The summed E-state index contributed by atoms with van der Waals surface area (Å²) in [6, 6.07) is 0. The number of carboxylic acid groups (broad SMARTS) is 2. The number of thiol groups is 1. The summed E-state index contributed by atoms with van der Waals surface area (Å²) in [5.74, 6) is -2.36. The van der Waals surface area contributed by atoms with Gasteiger partial charge in [-0.05, 0) is 0 Å². The molecule has 56 valence electrons. The van der Waals surface area contributed by atoms with Gasteiger partial charge in [-0.25, -0.2) is 0 Å². The van der Waals surface area contributed by atoms with Gasteiger partial charge in [0.25, 0.3) is 0 Å². The molecule has 1 atom stereocenters. The van der Waals surface area contributed by atoms with Gasteiger partial charge < -0.3 is 13.1 Å². The zero-order valence-electron chi connectivity index (χ0n) is 8.44. The molecule has 0 rings (SSSR count). The number of carbonyl (C=O) groups is 2. The molecule has 0 aliphatic carbocycles. The van der Waals surface area contributed by atoms with Gasteiger partial charge in [0.15, 0.2) is 0 Å². The van der Waals surface area contributed by atoms with Gasteiger partial charge in [-0.1, -0.05) is 0 Å². The minimum atomic E-state index is -1.21. The van der Waals surface area contributed by atoms with Crippen LogP contribution in [0.3, 0.4) is 0 Å². The minimum absolute atomic E-state index is 0. The molecule has 0 fully saturated rings. The normalized spacial score (nSPS) is 10.3. The van der Waals surface area contributed by atoms with Crippen molar-refractivity contribution < 1.29 is 60.4 Å². The Bertz CT molecular complexity index is 148. The zero-order valence-corrected chi connectivity index (χ0v) is 7.34. The van der Waals surface area contributed by atoms with Gasteiger partial charge in [-0.15, -0.1) is 0 Å². The number of hydrogen-bond donors (Lipinski definition) is 3. The first-order valence-electron chi connectivity index (χ1n) is 2.16. The van der Waals surface area contributed by atoms with E-state index in [-0.39, 0.29) is 40.6 Å². The van der Waals surface area contributed by atoms with Crippen molar-refractivity contribution in [3.05, 3.63) is 0 Å².